The largest absolute Gasteiger partial charge is 0.398 e. The normalized spacial score (nSPS) is 20.9. The fourth-order valence-electron chi connectivity index (χ4n) is 2.53. The number of amides is 1. The average Bonchev–Trinajstić information content (AvgIpc) is 3.17. The molecule has 17 heavy (non-hydrogen) atoms. The van der Waals surface area contributed by atoms with Gasteiger partial charge in [0.1, 0.15) is 0 Å². The van der Waals surface area contributed by atoms with Crippen molar-refractivity contribution in [2.75, 3.05) is 12.3 Å². The fraction of sp³-hybridized carbons (Fsp3) is 0.538. The zero-order valence-corrected chi connectivity index (χ0v) is 9.78. The minimum atomic E-state index is -0.0949. The number of aromatic nitrogens is 1. The molecule has 1 aromatic heterocycles. The molecule has 0 aromatic carbocycles. The molecule has 0 radical (unpaired) electrons. The van der Waals surface area contributed by atoms with E-state index >= 15 is 0 Å². The lowest BCUT2D eigenvalue weighted by Gasteiger charge is -2.15. The Kier molecular flexibility index (Phi) is 2.31. The van der Waals surface area contributed by atoms with Crippen LogP contribution in [0.4, 0.5) is 5.69 Å². The third-order valence-corrected chi connectivity index (χ3v) is 4.04. The highest BCUT2D eigenvalue weighted by Gasteiger charge is 2.53. The molecule has 0 bridgehead atoms. The number of nitrogens with zero attached hydrogens (tertiary/aromatic N) is 1. The Labute approximate surface area is 101 Å². The van der Waals surface area contributed by atoms with Crippen LogP contribution >= 0.6 is 0 Å². The van der Waals surface area contributed by atoms with Crippen LogP contribution in [-0.2, 0) is 0 Å². The van der Waals surface area contributed by atoms with Gasteiger partial charge in [0.2, 0.25) is 0 Å². The Morgan fingerprint density at radius 1 is 1.53 bits per heavy atom. The number of nitrogens with two attached hydrogens (primary N) is 1. The summed E-state index contributed by atoms with van der Waals surface area (Å²) < 4.78 is 0. The van der Waals surface area contributed by atoms with Crippen LogP contribution in [0.5, 0.6) is 0 Å². The number of anilines is 1. The minimum Gasteiger partial charge on any atom is -0.398 e. The molecule has 0 spiro atoms. The summed E-state index contributed by atoms with van der Waals surface area (Å²) in [5.74, 6) is 0.761. The molecule has 4 heteroatoms. The molecule has 3 rings (SSSR count). The number of nitrogens with one attached hydrogen (secondary N) is 1. The maximum absolute atomic E-state index is 12.0. The molecule has 2 saturated carbocycles. The predicted molar refractivity (Wildman–Crippen MR) is 65.4 cm³/mol. The van der Waals surface area contributed by atoms with Crippen LogP contribution in [0.3, 0.4) is 0 Å². The number of pyridine rings is 1. The number of carbonyl (C=O) groups excluding carboxylic acids is 1. The topological polar surface area (TPSA) is 68.0 Å². The number of hydrogen-bond acceptors (Lipinski definition) is 3. The Bertz CT molecular complexity index is 450. The Morgan fingerprint density at radius 3 is 2.88 bits per heavy atom. The van der Waals surface area contributed by atoms with Crippen molar-refractivity contribution in [1.82, 2.24) is 10.3 Å². The van der Waals surface area contributed by atoms with Gasteiger partial charge in [0.15, 0.2) is 0 Å². The lowest BCUT2D eigenvalue weighted by atomic mass is 10.0. The SMILES string of the molecule is Nc1ccncc1C(=O)NCC1(C2CC2)CC1. The molecule has 2 aliphatic carbocycles. The van der Waals surface area contributed by atoms with Crippen molar-refractivity contribution in [3.8, 4) is 0 Å². The molecule has 0 atom stereocenters. The van der Waals surface area contributed by atoms with Crippen LogP contribution in [0.25, 0.3) is 0 Å². The molecule has 1 aromatic rings. The molecule has 4 nitrogen and oxygen atoms in total. The number of nitrogen functional groups attached to an aromatic ring is 1. The number of hydrogen-bond donors (Lipinski definition) is 2. The van der Waals surface area contributed by atoms with Gasteiger partial charge in [0.25, 0.3) is 5.91 Å². The summed E-state index contributed by atoms with van der Waals surface area (Å²) in [5, 5.41) is 3.00. The van der Waals surface area contributed by atoms with Gasteiger partial charge in [-0.1, -0.05) is 0 Å². The van der Waals surface area contributed by atoms with Crippen LogP contribution in [-0.4, -0.2) is 17.4 Å². The maximum Gasteiger partial charge on any atom is 0.254 e. The molecule has 0 aliphatic heterocycles. The Hall–Kier alpha value is -1.58. The first kappa shape index (κ1) is 10.6. The number of rotatable bonds is 4. The molecule has 0 unspecified atom stereocenters. The van der Waals surface area contributed by atoms with Crippen LogP contribution in [0.15, 0.2) is 18.5 Å². The second-order valence-electron chi connectivity index (χ2n) is 5.28. The van der Waals surface area contributed by atoms with Gasteiger partial charge in [-0.3, -0.25) is 9.78 Å². The molecule has 1 heterocycles. The lowest BCUT2D eigenvalue weighted by Crippen LogP contribution is -2.31. The fourth-order valence-corrected chi connectivity index (χ4v) is 2.53. The predicted octanol–water partition coefficient (Wildman–Crippen LogP) is 1.58. The standard InChI is InChI=1S/C13H17N3O/c14-11-3-6-15-7-10(11)12(17)16-8-13(4-5-13)9-1-2-9/h3,6-7,9H,1-2,4-5,8H2,(H2,14,15)(H,16,17). The van der Waals surface area contributed by atoms with Crippen LogP contribution in [0, 0.1) is 11.3 Å². The first-order valence-corrected chi connectivity index (χ1v) is 6.19. The van der Waals surface area contributed by atoms with E-state index in [1.54, 1.807) is 12.3 Å². The van der Waals surface area contributed by atoms with Crippen LogP contribution in [0.1, 0.15) is 36.0 Å². The Balaban J connectivity index is 1.62. The van der Waals surface area contributed by atoms with Gasteiger partial charge in [-0.25, -0.2) is 0 Å². The van der Waals surface area contributed by atoms with Gasteiger partial charge in [0.05, 0.1) is 5.56 Å². The van der Waals surface area contributed by atoms with Crippen molar-refractivity contribution >= 4 is 11.6 Å². The van der Waals surface area contributed by atoms with E-state index in [2.05, 4.69) is 10.3 Å². The van der Waals surface area contributed by atoms with Gasteiger partial charge < -0.3 is 11.1 Å². The summed E-state index contributed by atoms with van der Waals surface area (Å²) in [7, 11) is 0. The quantitative estimate of drug-likeness (QED) is 0.826. The van der Waals surface area contributed by atoms with Crippen molar-refractivity contribution < 1.29 is 4.79 Å². The third-order valence-electron chi connectivity index (χ3n) is 4.04. The summed E-state index contributed by atoms with van der Waals surface area (Å²) in [6, 6.07) is 1.66. The summed E-state index contributed by atoms with van der Waals surface area (Å²) in [6.07, 6.45) is 8.33. The van der Waals surface area contributed by atoms with E-state index in [1.807, 2.05) is 0 Å². The highest BCUT2D eigenvalue weighted by atomic mass is 16.1. The summed E-state index contributed by atoms with van der Waals surface area (Å²) in [6.45, 7) is 0.796. The van der Waals surface area contributed by atoms with Crippen LogP contribution in [0.2, 0.25) is 0 Å². The molecule has 2 aliphatic rings. The van der Waals surface area contributed by atoms with Crippen molar-refractivity contribution in [2.24, 2.45) is 11.3 Å². The van der Waals surface area contributed by atoms with Gasteiger partial charge in [-0.2, -0.15) is 0 Å². The lowest BCUT2D eigenvalue weighted by molar-refractivity contribution is 0.0943. The van der Waals surface area contributed by atoms with E-state index in [-0.39, 0.29) is 5.91 Å². The first-order valence-electron chi connectivity index (χ1n) is 6.19. The van der Waals surface area contributed by atoms with E-state index in [4.69, 9.17) is 5.73 Å². The van der Waals surface area contributed by atoms with Crippen molar-refractivity contribution in [3.63, 3.8) is 0 Å². The molecular weight excluding hydrogens is 214 g/mol. The molecule has 0 saturated heterocycles. The second-order valence-corrected chi connectivity index (χ2v) is 5.28. The smallest absolute Gasteiger partial charge is 0.254 e. The van der Waals surface area contributed by atoms with Crippen LogP contribution < -0.4 is 11.1 Å². The summed E-state index contributed by atoms with van der Waals surface area (Å²) >= 11 is 0. The van der Waals surface area contributed by atoms with E-state index in [0.29, 0.717) is 16.7 Å². The molecule has 90 valence electrons. The molecule has 2 fully saturated rings. The summed E-state index contributed by atoms with van der Waals surface area (Å²) in [5.41, 5.74) is 7.15. The van der Waals surface area contributed by atoms with E-state index in [9.17, 15) is 4.79 Å². The van der Waals surface area contributed by atoms with E-state index < -0.39 is 0 Å². The van der Waals surface area contributed by atoms with Gasteiger partial charge in [0, 0.05) is 24.6 Å². The third kappa shape index (κ3) is 1.99. The highest BCUT2D eigenvalue weighted by Crippen LogP contribution is 2.60. The number of carbonyl (C=O) groups is 1. The van der Waals surface area contributed by atoms with E-state index in [1.165, 1.54) is 31.9 Å². The van der Waals surface area contributed by atoms with Gasteiger partial charge in [-0.15, -0.1) is 0 Å². The van der Waals surface area contributed by atoms with E-state index in [0.717, 1.165) is 12.5 Å². The van der Waals surface area contributed by atoms with Crippen molar-refractivity contribution in [3.05, 3.63) is 24.0 Å². The average molecular weight is 231 g/mol. The van der Waals surface area contributed by atoms with Gasteiger partial charge in [-0.05, 0) is 43.1 Å². The zero-order chi connectivity index (χ0) is 11.9. The monoisotopic (exact) mass is 231 g/mol. The summed E-state index contributed by atoms with van der Waals surface area (Å²) in [4.78, 5) is 15.9. The van der Waals surface area contributed by atoms with Crippen molar-refractivity contribution in [2.45, 2.75) is 25.7 Å². The molecular formula is C13H17N3O. The second kappa shape index (κ2) is 3.72. The highest BCUT2D eigenvalue weighted by molar-refractivity contribution is 5.98. The maximum atomic E-state index is 12.0. The zero-order valence-electron chi connectivity index (χ0n) is 9.78. The van der Waals surface area contributed by atoms with Crippen molar-refractivity contribution in [1.29, 1.82) is 0 Å². The van der Waals surface area contributed by atoms with Gasteiger partial charge >= 0.3 is 0 Å². The molecule has 1 amide bonds. The minimum absolute atomic E-state index is 0.0949. The Morgan fingerprint density at radius 2 is 2.29 bits per heavy atom. The first-order chi connectivity index (χ1) is 8.21. The molecule has 3 N–H and O–H groups in total.